The predicted octanol–water partition coefficient (Wildman–Crippen LogP) is 4.56. The van der Waals surface area contributed by atoms with Crippen molar-refractivity contribution in [3.8, 4) is 0 Å². The molecule has 0 saturated heterocycles. The second kappa shape index (κ2) is 3.94. The van der Waals surface area contributed by atoms with E-state index in [2.05, 4.69) is 19.1 Å². The molecule has 0 spiro atoms. The second-order valence-corrected chi connectivity index (χ2v) is 4.78. The van der Waals surface area contributed by atoms with E-state index in [9.17, 15) is 0 Å². The van der Waals surface area contributed by atoms with Gasteiger partial charge in [-0.2, -0.15) is 0 Å². The molecule has 14 heavy (non-hydrogen) atoms. The van der Waals surface area contributed by atoms with Gasteiger partial charge in [-0.25, -0.2) is 0 Å². The molecule has 0 atom stereocenters. The van der Waals surface area contributed by atoms with Crippen LogP contribution >= 0.6 is 11.6 Å². The number of benzene rings is 1. The minimum absolute atomic E-state index is 0.463. The summed E-state index contributed by atoms with van der Waals surface area (Å²) in [5.74, 6) is 0. The molecule has 1 fully saturated rings. The first-order chi connectivity index (χ1) is 6.77. The number of hydrogen-bond acceptors (Lipinski definition) is 0. The standard InChI is InChI=1S/C13H17Cl/c1-2-13(9-3-4-10-13)11-5-7-12(14)8-6-11/h5-8H,2-4,9-10H2,1H3. The highest BCUT2D eigenvalue weighted by molar-refractivity contribution is 6.30. The zero-order valence-corrected chi connectivity index (χ0v) is 9.48. The normalized spacial score (nSPS) is 19.9. The van der Waals surface area contributed by atoms with Crippen molar-refractivity contribution in [1.82, 2.24) is 0 Å². The van der Waals surface area contributed by atoms with Crippen LogP contribution in [0.3, 0.4) is 0 Å². The molecule has 1 aromatic rings. The van der Waals surface area contributed by atoms with E-state index in [0.29, 0.717) is 5.41 Å². The van der Waals surface area contributed by atoms with Crippen LogP contribution in [0.25, 0.3) is 0 Å². The number of halogens is 1. The maximum absolute atomic E-state index is 5.91. The molecule has 0 aromatic heterocycles. The molecule has 0 amide bonds. The molecule has 0 radical (unpaired) electrons. The van der Waals surface area contributed by atoms with Gasteiger partial charge in [-0.15, -0.1) is 0 Å². The van der Waals surface area contributed by atoms with Crippen LogP contribution in [0.1, 0.15) is 44.6 Å². The Morgan fingerprint density at radius 2 is 1.71 bits per heavy atom. The van der Waals surface area contributed by atoms with Gasteiger partial charge < -0.3 is 0 Å². The summed E-state index contributed by atoms with van der Waals surface area (Å²) in [5.41, 5.74) is 1.95. The summed E-state index contributed by atoms with van der Waals surface area (Å²) in [6.07, 6.45) is 6.73. The molecule has 1 saturated carbocycles. The van der Waals surface area contributed by atoms with E-state index in [1.807, 2.05) is 12.1 Å². The Morgan fingerprint density at radius 1 is 1.14 bits per heavy atom. The fraction of sp³-hybridized carbons (Fsp3) is 0.538. The maximum atomic E-state index is 5.91. The summed E-state index contributed by atoms with van der Waals surface area (Å²) >= 11 is 5.91. The van der Waals surface area contributed by atoms with Gasteiger partial charge in [0.2, 0.25) is 0 Å². The van der Waals surface area contributed by atoms with Crippen LogP contribution in [0.15, 0.2) is 24.3 Å². The Kier molecular flexibility index (Phi) is 2.83. The van der Waals surface area contributed by atoms with Crippen LogP contribution in [0.4, 0.5) is 0 Å². The van der Waals surface area contributed by atoms with Gasteiger partial charge in [-0.05, 0) is 42.4 Å². The van der Waals surface area contributed by atoms with Crippen molar-refractivity contribution in [2.24, 2.45) is 0 Å². The largest absolute Gasteiger partial charge is 0.0843 e. The molecule has 0 bridgehead atoms. The van der Waals surface area contributed by atoms with E-state index in [4.69, 9.17) is 11.6 Å². The summed E-state index contributed by atoms with van der Waals surface area (Å²) in [4.78, 5) is 0. The Morgan fingerprint density at radius 3 is 2.21 bits per heavy atom. The topological polar surface area (TPSA) is 0 Å². The zero-order chi connectivity index (χ0) is 10.0. The van der Waals surface area contributed by atoms with Crippen LogP contribution in [0.2, 0.25) is 5.02 Å². The molecule has 1 aliphatic rings. The van der Waals surface area contributed by atoms with Gasteiger partial charge in [0.1, 0.15) is 0 Å². The third-order valence-electron chi connectivity index (χ3n) is 3.69. The van der Waals surface area contributed by atoms with Gasteiger partial charge in [-0.3, -0.25) is 0 Å². The van der Waals surface area contributed by atoms with E-state index >= 15 is 0 Å². The molecule has 1 heteroatoms. The molecule has 2 rings (SSSR count). The molecule has 0 unspecified atom stereocenters. The average molecular weight is 209 g/mol. The van der Waals surface area contributed by atoms with Crippen molar-refractivity contribution in [3.63, 3.8) is 0 Å². The minimum Gasteiger partial charge on any atom is -0.0843 e. The van der Waals surface area contributed by atoms with Crippen molar-refractivity contribution in [1.29, 1.82) is 0 Å². The maximum Gasteiger partial charge on any atom is 0.0406 e. The van der Waals surface area contributed by atoms with E-state index in [1.165, 1.54) is 37.7 Å². The fourth-order valence-corrected chi connectivity index (χ4v) is 2.83. The first kappa shape index (κ1) is 10.0. The van der Waals surface area contributed by atoms with Gasteiger partial charge in [0.25, 0.3) is 0 Å². The molecule has 0 heterocycles. The third-order valence-corrected chi connectivity index (χ3v) is 3.95. The number of hydrogen-bond donors (Lipinski definition) is 0. The van der Waals surface area contributed by atoms with Gasteiger partial charge in [0.05, 0.1) is 0 Å². The Bertz CT molecular complexity index is 294. The third kappa shape index (κ3) is 1.68. The lowest BCUT2D eigenvalue weighted by Crippen LogP contribution is -2.20. The summed E-state index contributed by atoms with van der Waals surface area (Å²) in [6.45, 7) is 2.31. The Hall–Kier alpha value is -0.490. The minimum atomic E-state index is 0.463. The van der Waals surface area contributed by atoms with Crippen LogP contribution in [-0.4, -0.2) is 0 Å². The van der Waals surface area contributed by atoms with E-state index in [1.54, 1.807) is 0 Å². The van der Waals surface area contributed by atoms with E-state index in [-0.39, 0.29) is 0 Å². The molecular formula is C13H17Cl. The fourth-order valence-electron chi connectivity index (χ4n) is 2.70. The van der Waals surface area contributed by atoms with Crippen LogP contribution in [-0.2, 0) is 5.41 Å². The molecule has 0 aliphatic heterocycles. The lowest BCUT2D eigenvalue weighted by atomic mass is 9.77. The van der Waals surface area contributed by atoms with Crippen molar-refractivity contribution >= 4 is 11.6 Å². The monoisotopic (exact) mass is 208 g/mol. The highest BCUT2D eigenvalue weighted by Gasteiger charge is 2.33. The van der Waals surface area contributed by atoms with Gasteiger partial charge in [-0.1, -0.05) is 43.5 Å². The quantitative estimate of drug-likeness (QED) is 0.669. The van der Waals surface area contributed by atoms with Crippen molar-refractivity contribution in [2.45, 2.75) is 44.4 Å². The van der Waals surface area contributed by atoms with E-state index < -0.39 is 0 Å². The van der Waals surface area contributed by atoms with Gasteiger partial charge in [0.15, 0.2) is 0 Å². The zero-order valence-electron chi connectivity index (χ0n) is 8.72. The summed E-state index contributed by atoms with van der Waals surface area (Å²) in [5, 5.41) is 0.845. The molecule has 1 aliphatic carbocycles. The highest BCUT2D eigenvalue weighted by atomic mass is 35.5. The Labute approximate surface area is 91.3 Å². The lowest BCUT2D eigenvalue weighted by Gasteiger charge is -2.28. The molecule has 0 nitrogen and oxygen atoms in total. The highest BCUT2D eigenvalue weighted by Crippen LogP contribution is 2.43. The lowest BCUT2D eigenvalue weighted by molar-refractivity contribution is 0.425. The first-order valence-corrected chi connectivity index (χ1v) is 5.91. The number of rotatable bonds is 2. The summed E-state index contributed by atoms with van der Waals surface area (Å²) < 4.78 is 0. The van der Waals surface area contributed by atoms with Crippen molar-refractivity contribution in [2.75, 3.05) is 0 Å². The summed E-state index contributed by atoms with van der Waals surface area (Å²) in [6, 6.07) is 8.45. The van der Waals surface area contributed by atoms with Crippen LogP contribution in [0.5, 0.6) is 0 Å². The van der Waals surface area contributed by atoms with Gasteiger partial charge in [0, 0.05) is 5.02 Å². The van der Waals surface area contributed by atoms with Crippen LogP contribution in [0, 0.1) is 0 Å². The predicted molar refractivity (Wildman–Crippen MR) is 61.9 cm³/mol. The smallest absolute Gasteiger partial charge is 0.0406 e. The van der Waals surface area contributed by atoms with E-state index in [0.717, 1.165) is 5.02 Å². The second-order valence-electron chi connectivity index (χ2n) is 4.35. The molecule has 1 aromatic carbocycles. The first-order valence-electron chi connectivity index (χ1n) is 5.53. The molecule has 0 N–H and O–H groups in total. The average Bonchev–Trinajstić information content (AvgIpc) is 2.68. The van der Waals surface area contributed by atoms with Crippen molar-refractivity contribution < 1.29 is 0 Å². The molecular weight excluding hydrogens is 192 g/mol. The Balaban J connectivity index is 2.31. The molecule has 76 valence electrons. The van der Waals surface area contributed by atoms with Crippen LogP contribution < -0.4 is 0 Å². The van der Waals surface area contributed by atoms with Crippen molar-refractivity contribution in [3.05, 3.63) is 34.9 Å². The SMILES string of the molecule is CCC1(c2ccc(Cl)cc2)CCCC1. The van der Waals surface area contributed by atoms with Gasteiger partial charge >= 0.3 is 0 Å². The summed E-state index contributed by atoms with van der Waals surface area (Å²) in [7, 11) is 0.